The number of aliphatic carboxylic acids is 1. The Morgan fingerprint density at radius 2 is 2.08 bits per heavy atom. The van der Waals surface area contributed by atoms with Crippen LogP contribution in [0.3, 0.4) is 0 Å². The van der Waals surface area contributed by atoms with E-state index < -0.39 is 23.6 Å². The fourth-order valence-electron chi connectivity index (χ4n) is 0.804. The standard InChI is InChI=1S/C8H13ClO3/c1-2-3-4-6(9)7(10)5-8(11)12/h6H,2-5H2,1H3,(H,11,12). The highest BCUT2D eigenvalue weighted by Crippen LogP contribution is 2.10. The van der Waals surface area contributed by atoms with Gasteiger partial charge in [-0.2, -0.15) is 0 Å². The molecule has 0 bridgehead atoms. The number of carboxylic acid groups (broad SMARTS) is 1. The van der Waals surface area contributed by atoms with Gasteiger partial charge in [-0.15, -0.1) is 11.6 Å². The van der Waals surface area contributed by atoms with Crippen LogP contribution in [-0.2, 0) is 9.59 Å². The number of halogens is 1. The molecule has 0 aromatic heterocycles. The number of unbranched alkanes of at least 4 members (excludes halogenated alkanes) is 1. The van der Waals surface area contributed by atoms with Gasteiger partial charge in [0.05, 0.1) is 5.38 Å². The maximum absolute atomic E-state index is 10.9. The Balaban J connectivity index is 3.69. The van der Waals surface area contributed by atoms with E-state index >= 15 is 0 Å². The van der Waals surface area contributed by atoms with Gasteiger partial charge >= 0.3 is 5.97 Å². The number of carbonyl (C=O) groups excluding carboxylic acids is 1. The minimum atomic E-state index is -1.11. The number of alkyl halides is 1. The molecule has 1 atom stereocenters. The van der Waals surface area contributed by atoms with Gasteiger partial charge in [-0.25, -0.2) is 0 Å². The fourth-order valence-corrected chi connectivity index (χ4v) is 1.04. The minimum absolute atomic E-state index is 0.391. The van der Waals surface area contributed by atoms with Gasteiger partial charge in [0.2, 0.25) is 0 Å². The highest BCUT2D eigenvalue weighted by Gasteiger charge is 2.17. The average molecular weight is 193 g/mol. The summed E-state index contributed by atoms with van der Waals surface area (Å²) in [5.74, 6) is -1.50. The van der Waals surface area contributed by atoms with Crippen LogP contribution in [0.2, 0.25) is 0 Å². The van der Waals surface area contributed by atoms with Gasteiger partial charge in [-0.1, -0.05) is 19.8 Å². The van der Waals surface area contributed by atoms with E-state index in [9.17, 15) is 9.59 Å². The van der Waals surface area contributed by atoms with Crippen molar-refractivity contribution >= 4 is 23.4 Å². The van der Waals surface area contributed by atoms with E-state index in [2.05, 4.69) is 0 Å². The van der Waals surface area contributed by atoms with Crippen molar-refractivity contribution in [3.05, 3.63) is 0 Å². The van der Waals surface area contributed by atoms with Crippen LogP contribution in [0, 0.1) is 0 Å². The van der Waals surface area contributed by atoms with Crippen LogP contribution in [0.25, 0.3) is 0 Å². The summed E-state index contributed by atoms with van der Waals surface area (Å²) in [6.07, 6.45) is 1.94. The Bertz CT molecular complexity index is 168. The first kappa shape index (κ1) is 11.4. The first-order chi connectivity index (χ1) is 5.57. The number of hydrogen-bond acceptors (Lipinski definition) is 2. The maximum Gasteiger partial charge on any atom is 0.310 e. The number of hydrogen-bond donors (Lipinski definition) is 1. The Morgan fingerprint density at radius 3 is 2.50 bits per heavy atom. The summed E-state index contributed by atoms with van der Waals surface area (Å²) in [6.45, 7) is 1.99. The molecule has 0 saturated carbocycles. The molecule has 0 heterocycles. The number of rotatable bonds is 6. The number of Topliss-reactive ketones (excluding diaryl/α,β-unsaturated/α-hetero) is 1. The molecular weight excluding hydrogens is 180 g/mol. The summed E-state index contributed by atoms with van der Waals surface area (Å²) in [7, 11) is 0. The maximum atomic E-state index is 10.9. The molecule has 0 rings (SSSR count). The normalized spacial score (nSPS) is 12.5. The largest absolute Gasteiger partial charge is 0.481 e. The van der Waals surface area contributed by atoms with Gasteiger partial charge in [0.1, 0.15) is 6.42 Å². The third kappa shape index (κ3) is 5.13. The third-order valence-electron chi connectivity index (χ3n) is 1.49. The molecule has 0 aromatic rings. The molecule has 4 heteroatoms. The predicted molar refractivity (Wildman–Crippen MR) is 46.4 cm³/mol. The summed E-state index contributed by atoms with van der Waals surface area (Å²) in [5.41, 5.74) is 0. The molecular formula is C8H13ClO3. The van der Waals surface area contributed by atoms with Crippen LogP contribution in [0.5, 0.6) is 0 Å². The summed E-state index contributed by atoms with van der Waals surface area (Å²) < 4.78 is 0. The van der Waals surface area contributed by atoms with E-state index in [0.29, 0.717) is 6.42 Å². The Morgan fingerprint density at radius 1 is 1.50 bits per heavy atom. The molecule has 0 aliphatic carbocycles. The van der Waals surface area contributed by atoms with Crippen molar-refractivity contribution in [2.45, 2.75) is 38.0 Å². The quantitative estimate of drug-likeness (QED) is 0.516. The Hall–Kier alpha value is -0.570. The van der Waals surface area contributed by atoms with E-state index in [1.807, 2.05) is 6.92 Å². The molecule has 0 radical (unpaired) electrons. The monoisotopic (exact) mass is 192 g/mol. The lowest BCUT2D eigenvalue weighted by Crippen LogP contribution is -2.17. The summed E-state index contributed by atoms with van der Waals surface area (Å²) in [6, 6.07) is 0. The molecule has 3 nitrogen and oxygen atoms in total. The van der Waals surface area contributed by atoms with Crippen LogP contribution in [0.4, 0.5) is 0 Å². The molecule has 1 unspecified atom stereocenters. The minimum Gasteiger partial charge on any atom is -0.481 e. The fraction of sp³-hybridized carbons (Fsp3) is 0.750. The lowest BCUT2D eigenvalue weighted by atomic mass is 10.1. The predicted octanol–water partition coefficient (Wildman–Crippen LogP) is 1.83. The van der Waals surface area contributed by atoms with Gasteiger partial charge in [0.25, 0.3) is 0 Å². The van der Waals surface area contributed by atoms with Crippen molar-refractivity contribution in [3.63, 3.8) is 0 Å². The molecule has 1 N–H and O–H groups in total. The van der Waals surface area contributed by atoms with Crippen molar-refractivity contribution in [2.24, 2.45) is 0 Å². The Kier molecular flexibility index (Phi) is 5.72. The third-order valence-corrected chi connectivity index (χ3v) is 1.95. The molecule has 0 fully saturated rings. The molecule has 12 heavy (non-hydrogen) atoms. The number of carbonyl (C=O) groups is 2. The lowest BCUT2D eigenvalue weighted by Gasteiger charge is -2.04. The highest BCUT2D eigenvalue weighted by molar-refractivity contribution is 6.32. The van der Waals surface area contributed by atoms with E-state index in [0.717, 1.165) is 12.8 Å². The number of carboxylic acids is 1. The van der Waals surface area contributed by atoms with Gasteiger partial charge in [-0.3, -0.25) is 9.59 Å². The van der Waals surface area contributed by atoms with Crippen molar-refractivity contribution in [1.29, 1.82) is 0 Å². The Labute approximate surface area is 76.7 Å². The number of ketones is 1. The summed E-state index contributed by atoms with van der Waals surface area (Å²) in [4.78, 5) is 21.1. The van der Waals surface area contributed by atoms with E-state index in [1.54, 1.807) is 0 Å². The molecule has 70 valence electrons. The summed E-state index contributed by atoms with van der Waals surface area (Å²) in [5, 5.41) is 7.65. The van der Waals surface area contributed by atoms with Gasteiger partial charge < -0.3 is 5.11 Å². The van der Waals surface area contributed by atoms with E-state index in [1.165, 1.54) is 0 Å². The van der Waals surface area contributed by atoms with Crippen LogP contribution >= 0.6 is 11.6 Å². The highest BCUT2D eigenvalue weighted by atomic mass is 35.5. The first-order valence-corrected chi connectivity index (χ1v) is 4.40. The zero-order valence-corrected chi connectivity index (χ0v) is 7.80. The zero-order chi connectivity index (χ0) is 9.56. The van der Waals surface area contributed by atoms with Crippen molar-refractivity contribution in [1.82, 2.24) is 0 Å². The lowest BCUT2D eigenvalue weighted by molar-refractivity contribution is -0.140. The second-order valence-corrected chi connectivity index (χ2v) is 3.17. The van der Waals surface area contributed by atoms with Gasteiger partial charge in [0, 0.05) is 0 Å². The van der Waals surface area contributed by atoms with Gasteiger partial charge in [0.15, 0.2) is 5.78 Å². The second-order valence-electron chi connectivity index (χ2n) is 2.65. The second kappa shape index (κ2) is 6.00. The SMILES string of the molecule is CCCCC(Cl)C(=O)CC(=O)O. The first-order valence-electron chi connectivity index (χ1n) is 3.96. The smallest absolute Gasteiger partial charge is 0.310 e. The topological polar surface area (TPSA) is 54.4 Å². The molecule has 0 aromatic carbocycles. The molecule has 0 aliphatic rings. The van der Waals surface area contributed by atoms with Crippen LogP contribution < -0.4 is 0 Å². The van der Waals surface area contributed by atoms with Crippen molar-refractivity contribution in [2.75, 3.05) is 0 Å². The van der Waals surface area contributed by atoms with E-state index in [-0.39, 0.29) is 0 Å². The van der Waals surface area contributed by atoms with Crippen molar-refractivity contribution < 1.29 is 14.7 Å². The summed E-state index contributed by atoms with van der Waals surface area (Å²) >= 11 is 5.64. The molecule has 0 amide bonds. The van der Waals surface area contributed by atoms with Crippen LogP contribution in [-0.4, -0.2) is 22.2 Å². The molecule has 0 aliphatic heterocycles. The van der Waals surface area contributed by atoms with Crippen LogP contribution in [0.1, 0.15) is 32.6 Å². The van der Waals surface area contributed by atoms with Crippen LogP contribution in [0.15, 0.2) is 0 Å². The average Bonchev–Trinajstić information content (AvgIpc) is 1.98. The molecule has 0 spiro atoms. The van der Waals surface area contributed by atoms with Crippen molar-refractivity contribution in [3.8, 4) is 0 Å². The zero-order valence-electron chi connectivity index (χ0n) is 7.05. The van der Waals surface area contributed by atoms with E-state index in [4.69, 9.17) is 16.7 Å². The van der Waals surface area contributed by atoms with Gasteiger partial charge in [-0.05, 0) is 6.42 Å². The molecule has 0 saturated heterocycles.